The summed E-state index contributed by atoms with van der Waals surface area (Å²) in [5.41, 5.74) is -1.79. The first-order valence-electron chi connectivity index (χ1n) is 9.74. The highest BCUT2D eigenvalue weighted by molar-refractivity contribution is 5.88. The molecule has 0 saturated carbocycles. The number of amides is 2. The molecule has 1 heterocycles. The molecule has 1 aromatic carbocycles. The first kappa shape index (κ1) is 24.9. The van der Waals surface area contributed by atoms with Crippen LogP contribution >= 0.6 is 0 Å². The van der Waals surface area contributed by atoms with Gasteiger partial charge in [0, 0.05) is 18.6 Å². The van der Waals surface area contributed by atoms with Crippen molar-refractivity contribution >= 4 is 17.8 Å². The minimum absolute atomic E-state index is 0.0792. The van der Waals surface area contributed by atoms with Gasteiger partial charge in [0.05, 0.1) is 16.8 Å². The number of carbonyl (C=O) groups excluding carboxylic acids is 1. The number of anilines is 1. The molecule has 0 aliphatic heterocycles. The molecule has 1 aromatic heterocycles. The summed E-state index contributed by atoms with van der Waals surface area (Å²) in [7, 11) is 0. The predicted octanol–water partition coefficient (Wildman–Crippen LogP) is 4.57. The third-order valence-corrected chi connectivity index (χ3v) is 4.37. The molecule has 2 rings (SSSR count). The molecule has 0 aliphatic carbocycles. The van der Waals surface area contributed by atoms with Gasteiger partial charge in [0.2, 0.25) is 5.91 Å². The number of halogens is 3. The number of hydrogen-bond donors (Lipinski definition) is 3. The monoisotopic (exact) mass is 454 g/mol. The summed E-state index contributed by atoms with van der Waals surface area (Å²) in [4.78, 5) is 30.2. The maximum atomic E-state index is 13.8. The lowest BCUT2D eigenvalue weighted by molar-refractivity contribution is -0.139. The average molecular weight is 454 g/mol. The van der Waals surface area contributed by atoms with E-state index >= 15 is 0 Å². The quantitative estimate of drug-likeness (QED) is 0.538. The van der Waals surface area contributed by atoms with Crippen molar-refractivity contribution in [3.63, 3.8) is 0 Å². The summed E-state index contributed by atoms with van der Waals surface area (Å²) >= 11 is 0. The molecule has 2 amide bonds. The Labute approximate surface area is 183 Å². The van der Waals surface area contributed by atoms with Crippen molar-refractivity contribution in [1.82, 2.24) is 15.3 Å². The molecular weight excluding hydrogens is 429 g/mol. The fourth-order valence-electron chi connectivity index (χ4n) is 3.34. The van der Waals surface area contributed by atoms with Crippen LogP contribution in [0.3, 0.4) is 0 Å². The van der Waals surface area contributed by atoms with E-state index in [1.807, 2.05) is 13.8 Å². The van der Waals surface area contributed by atoms with E-state index in [9.17, 15) is 22.8 Å². The molecular formula is C21H25F3N4O4. The van der Waals surface area contributed by atoms with Gasteiger partial charge < -0.3 is 20.5 Å². The Kier molecular flexibility index (Phi) is 7.65. The zero-order chi connectivity index (χ0) is 24.1. The van der Waals surface area contributed by atoms with Gasteiger partial charge in [-0.1, -0.05) is 13.8 Å². The molecule has 1 atom stereocenters. The fraction of sp³-hybridized carbons (Fsp3) is 0.429. The van der Waals surface area contributed by atoms with Crippen LogP contribution in [0.5, 0.6) is 5.75 Å². The Bertz CT molecular complexity index is 982. The number of benzene rings is 1. The van der Waals surface area contributed by atoms with Gasteiger partial charge in [-0.05, 0) is 37.5 Å². The number of rotatable bonds is 8. The number of aromatic nitrogens is 2. The van der Waals surface area contributed by atoms with Crippen molar-refractivity contribution in [2.75, 3.05) is 11.9 Å². The Hall–Kier alpha value is -3.37. The Balaban J connectivity index is 2.37. The van der Waals surface area contributed by atoms with Gasteiger partial charge >= 0.3 is 12.3 Å². The maximum Gasteiger partial charge on any atom is 0.419 e. The molecule has 174 valence electrons. The molecule has 1 unspecified atom stereocenters. The normalized spacial score (nSPS) is 13.4. The molecule has 0 radical (unpaired) electrons. The molecule has 0 aliphatic rings. The zero-order valence-corrected chi connectivity index (χ0v) is 18.1. The number of nitrogens with one attached hydrogen (secondary N) is 2. The standard InChI is InChI=1S/C21H25F3N4O4/c1-12(2)9-20(4,28-19(30)31)10-32-17-6-5-14(7-15(17)21(22,23)24)16-8-18(26-11-25-16)27-13(3)29/h5-8,11-12,28H,9-10H2,1-4H3,(H,30,31)(H,25,26,27,29). The number of carboxylic acid groups (broad SMARTS) is 1. The molecule has 0 spiro atoms. The van der Waals surface area contributed by atoms with E-state index in [-0.39, 0.29) is 35.5 Å². The van der Waals surface area contributed by atoms with Crippen molar-refractivity contribution in [2.45, 2.75) is 45.8 Å². The Morgan fingerprint density at radius 1 is 1.19 bits per heavy atom. The van der Waals surface area contributed by atoms with Gasteiger partial charge in [0.25, 0.3) is 0 Å². The van der Waals surface area contributed by atoms with E-state index in [1.54, 1.807) is 6.92 Å². The van der Waals surface area contributed by atoms with E-state index in [0.29, 0.717) is 6.42 Å². The largest absolute Gasteiger partial charge is 0.491 e. The van der Waals surface area contributed by atoms with E-state index in [2.05, 4.69) is 20.6 Å². The van der Waals surface area contributed by atoms with Crippen LogP contribution in [0, 0.1) is 5.92 Å². The second kappa shape index (κ2) is 9.84. The van der Waals surface area contributed by atoms with Crippen molar-refractivity contribution in [2.24, 2.45) is 5.92 Å². The van der Waals surface area contributed by atoms with Gasteiger partial charge in [-0.2, -0.15) is 13.2 Å². The van der Waals surface area contributed by atoms with Crippen molar-refractivity contribution in [1.29, 1.82) is 0 Å². The van der Waals surface area contributed by atoms with Gasteiger partial charge in [-0.3, -0.25) is 4.79 Å². The Morgan fingerprint density at radius 2 is 1.88 bits per heavy atom. The summed E-state index contributed by atoms with van der Waals surface area (Å²) in [5.74, 6) is -0.579. The van der Waals surface area contributed by atoms with Crippen LogP contribution in [-0.4, -0.2) is 39.2 Å². The maximum absolute atomic E-state index is 13.8. The number of alkyl halides is 3. The summed E-state index contributed by atoms with van der Waals surface area (Å²) in [5, 5.41) is 13.9. The first-order valence-corrected chi connectivity index (χ1v) is 9.74. The molecule has 8 nitrogen and oxygen atoms in total. The van der Waals surface area contributed by atoms with E-state index in [4.69, 9.17) is 9.84 Å². The summed E-state index contributed by atoms with van der Waals surface area (Å²) in [6.45, 7) is 6.30. The molecule has 3 N–H and O–H groups in total. The molecule has 0 fully saturated rings. The third kappa shape index (κ3) is 7.10. The highest BCUT2D eigenvalue weighted by Gasteiger charge is 2.36. The SMILES string of the molecule is CC(=O)Nc1cc(-c2ccc(OCC(C)(CC(C)C)NC(=O)O)c(C(F)(F)F)c2)ncn1. The summed E-state index contributed by atoms with van der Waals surface area (Å²) in [6, 6.07) is 4.80. The highest BCUT2D eigenvalue weighted by Crippen LogP contribution is 2.39. The highest BCUT2D eigenvalue weighted by atomic mass is 19.4. The lowest BCUT2D eigenvalue weighted by Crippen LogP contribution is -2.50. The van der Waals surface area contributed by atoms with Crippen molar-refractivity contribution in [3.8, 4) is 17.0 Å². The van der Waals surface area contributed by atoms with E-state index in [1.165, 1.54) is 19.1 Å². The topological polar surface area (TPSA) is 113 Å². The average Bonchev–Trinajstić information content (AvgIpc) is 2.64. The fourth-order valence-corrected chi connectivity index (χ4v) is 3.34. The van der Waals surface area contributed by atoms with Crippen molar-refractivity contribution < 1.29 is 32.6 Å². The molecule has 0 saturated heterocycles. The molecule has 2 aromatic rings. The number of nitrogens with zero attached hydrogens (tertiary/aromatic N) is 2. The number of hydrogen-bond acceptors (Lipinski definition) is 5. The molecule has 11 heteroatoms. The first-order chi connectivity index (χ1) is 14.8. The van der Waals surface area contributed by atoms with Crippen LogP contribution < -0.4 is 15.4 Å². The molecule has 0 bridgehead atoms. The van der Waals surface area contributed by atoms with Crippen LogP contribution in [0.1, 0.15) is 39.7 Å². The lowest BCUT2D eigenvalue weighted by atomic mass is 9.91. The second-order valence-corrected chi connectivity index (χ2v) is 8.06. The van der Waals surface area contributed by atoms with Gasteiger partial charge in [0.15, 0.2) is 0 Å². The zero-order valence-electron chi connectivity index (χ0n) is 18.1. The minimum atomic E-state index is -4.73. The Morgan fingerprint density at radius 3 is 2.44 bits per heavy atom. The minimum Gasteiger partial charge on any atom is -0.491 e. The van der Waals surface area contributed by atoms with Gasteiger partial charge in [0.1, 0.15) is 24.5 Å². The van der Waals surface area contributed by atoms with Gasteiger partial charge in [-0.25, -0.2) is 14.8 Å². The number of ether oxygens (including phenoxy) is 1. The predicted molar refractivity (Wildman–Crippen MR) is 111 cm³/mol. The van der Waals surface area contributed by atoms with Crippen LogP contribution in [0.2, 0.25) is 0 Å². The van der Waals surface area contributed by atoms with Crippen LogP contribution in [0.25, 0.3) is 11.3 Å². The van der Waals surface area contributed by atoms with Gasteiger partial charge in [-0.15, -0.1) is 0 Å². The van der Waals surface area contributed by atoms with Crippen molar-refractivity contribution in [3.05, 3.63) is 36.2 Å². The van der Waals surface area contributed by atoms with E-state index in [0.717, 1.165) is 18.5 Å². The lowest BCUT2D eigenvalue weighted by Gasteiger charge is -2.31. The van der Waals surface area contributed by atoms with Crippen LogP contribution in [0.15, 0.2) is 30.6 Å². The van der Waals surface area contributed by atoms with E-state index < -0.39 is 29.1 Å². The second-order valence-electron chi connectivity index (χ2n) is 8.06. The van der Waals surface area contributed by atoms with Crippen LogP contribution in [-0.2, 0) is 11.0 Å². The smallest absolute Gasteiger partial charge is 0.419 e. The summed E-state index contributed by atoms with van der Waals surface area (Å²) < 4.78 is 46.7. The molecule has 32 heavy (non-hydrogen) atoms. The third-order valence-electron chi connectivity index (χ3n) is 4.37. The summed E-state index contributed by atoms with van der Waals surface area (Å²) in [6.07, 6.45) is -4.52. The number of carbonyl (C=O) groups is 2. The van der Waals surface area contributed by atoms with Crippen LogP contribution in [0.4, 0.5) is 23.8 Å².